The molecule has 2 aromatic carbocycles. The first kappa shape index (κ1) is 18.3. The van der Waals surface area contributed by atoms with Crippen LogP contribution in [0.5, 0.6) is 0 Å². The topological polar surface area (TPSA) is 61.4 Å². The fraction of sp³-hybridized carbons (Fsp3) is 0.450. The average molecular weight is 328 g/mol. The van der Waals surface area contributed by atoms with Crippen molar-refractivity contribution in [1.29, 1.82) is 0 Å². The van der Waals surface area contributed by atoms with Crippen LogP contribution < -0.4 is 10.6 Å². The van der Waals surface area contributed by atoms with Crippen molar-refractivity contribution in [2.45, 2.75) is 45.8 Å². The lowest BCUT2D eigenvalue weighted by Crippen LogP contribution is -2.43. The standard InChI is InChI=1S/C20H28N2O2/c1-14(10-16(3)23)13-21-20(24)22-15(2)11-17-8-9-18-6-4-5-7-19(18)12-17/h4-9,12,14-16,23H,10-11,13H2,1-3H3,(H2,21,22,24). The molecule has 3 N–H and O–H groups in total. The molecule has 2 amide bonds. The lowest BCUT2D eigenvalue weighted by atomic mass is 10.0. The minimum absolute atomic E-state index is 0.0539. The van der Waals surface area contributed by atoms with Crippen molar-refractivity contribution >= 4 is 16.8 Å². The van der Waals surface area contributed by atoms with Crippen LogP contribution >= 0.6 is 0 Å². The Morgan fingerprint density at radius 3 is 2.50 bits per heavy atom. The van der Waals surface area contributed by atoms with Gasteiger partial charge < -0.3 is 15.7 Å². The van der Waals surface area contributed by atoms with E-state index < -0.39 is 0 Å². The summed E-state index contributed by atoms with van der Waals surface area (Å²) in [5.74, 6) is 0.256. The molecule has 0 radical (unpaired) electrons. The molecule has 0 aliphatic heterocycles. The number of hydrogen-bond donors (Lipinski definition) is 3. The van der Waals surface area contributed by atoms with Gasteiger partial charge >= 0.3 is 6.03 Å². The highest BCUT2D eigenvalue weighted by Crippen LogP contribution is 2.16. The Labute approximate surface area is 144 Å². The molecule has 4 nitrogen and oxygen atoms in total. The summed E-state index contributed by atoms with van der Waals surface area (Å²) < 4.78 is 0. The Hall–Kier alpha value is -2.07. The van der Waals surface area contributed by atoms with Crippen molar-refractivity contribution < 1.29 is 9.90 Å². The van der Waals surface area contributed by atoms with Gasteiger partial charge in [0.25, 0.3) is 0 Å². The molecule has 0 aromatic heterocycles. The molecule has 3 unspecified atom stereocenters. The number of carbonyl (C=O) groups is 1. The van der Waals surface area contributed by atoms with Gasteiger partial charge in [-0.25, -0.2) is 4.79 Å². The van der Waals surface area contributed by atoms with E-state index in [9.17, 15) is 9.90 Å². The fourth-order valence-corrected chi connectivity index (χ4v) is 2.98. The summed E-state index contributed by atoms with van der Waals surface area (Å²) >= 11 is 0. The molecule has 3 atom stereocenters. The molecular formula is C20H28N2O2. The summed E-state index contributed by atoms with van der Waals surface area (Å²) in [6, 6.07) is 14.6. The largest absolute Gasteiger partial charge is 0.393 e. The molecule has 0 spiro atoms. The Bertz CT molecular complexity index is 669. The number of fused-ring (bicyclic) bond motifs is 1. The van der Waals surface area contributed by atoms with E-state index in [1.165, 1.54) is 16.3 Å². The van der Waals surface area contributed by atoms with Crippen LogP contribution in [-0.2, 0) is 6.42 Å². The molecule has 0 saturated heterocycles. The predicted molar refractivity (Wildman–Crippen MR) is 99.1 cm³/mol. The van der Waals surface area contributed by atoms with Crippen molar-refractivity contribution in [3.63, 3.8) is 0 Å². The molecule has 0 aliphatic rings. The third-order valence-corrected chi connectivity index (χ3v) is 4.09. The van der Waals surface area contributed by atoms with Crippen molar-refractivity contribution in [2.75, 3.05) is 6.54 Å². The van der Waals surface area contributed by atoms with E-state index in [4.69, 9.17) is 0 Å². The van der Waals surface area contributed by atoms with Crippen molar-refractivity contribution in [2.24, 2.45) is 5.92 Å². The number of aliphatic hydroxyl groups excluding tert-OH is 1. The second kappa shape index (κ2) is 8.69. The molecule has 24 heavy (non-hydrogen) atoms. The lowest BCUT2D eigenvalue weighted by molar-refractivity contribution is 0.163. The van der Waals surface area contributed by atoms with E-state index in [1.54, 1.807) is 6.92 Å². The van der Waals surface area contributed by atoms with E-state index in [-0.39, 0.29) is 24.1 Å². The maximum Gasteiger partial charge on any atom is 0.315 e. The highest BCUT2D eigenvalue weighted by atomic mass is 16.3. The van der Waals surface area contributed by atoms with Crippen LogP contribution in [0.15, 0.2) is 42.5 Å². The predicted octanol–water partition coefficient (Wildman–Crippen LogP) is 3.48. The zero-order valence-electron chi connectivity index (χ0n) is 14.8. The number of hydrogen-bond acceptors (Lipinski definition) is 2. The minimum atomic E-state index is -0.336. The Morgan fingerprint density at radius 2 is 1.79 bits per heavy atom. The molecule has 0 aliphatic carbocycles. The number of nitrogens with one attached hydrogen (secondary N) is 2. The quantitative estimate of drug-likeness (QED) is 0.729. The van der Waals surface area contributed by atoms with Crippen LogP contribution in [0.2, 0.25) is 0 Å². The maximum atomic E-state index is 12.0. The SMILES string of the molecule is CC(O)CC(C)CNC(=O)NC(C)Cc1ccc2ccccc2c1. The van der Waals surface area contributed by atoms with Crippen LogP contribution in [0, 0.1) is 5.92 Å². The van der Waals surface area contributed by atoms with Gasteiger partial charge in [0.15, 0.2) is 0 Å². The van der Waals surface area contributed by atoms with E-state index in [2.05, 4.69) is 41.0 Å². The number of benzene rings is 2. The van der Waals surface area contributed by atoms with Crippen LogP contribution in [-0.4, -0.2) is 29.8 Å². The normalized spacial score (nSPS) is 14.8. The summed E-state index contributed by atoms with van der Waals surface area (Å²) in [6.45, 7) is 6.36. The zero-order chi connectivity index (χ0) is 17.5. The number of urea groups is 1. The zero-order valence-corrected chi connectivity index (χ0v) is 14.8. The van der Waals surface area contributed by atoms with Crippen LogP contribution in [0.1, 0.15) is 32.8 Å². The van der Waals surface area contributed by atoms with Crippen molar-refractivity contribution in [3.05, 3.63) is 48.0 Å². The summed E-state index contributed by atoms with van der Waals surface area (Å²) in [5, 5.41) is 17.6. The highest BCUT2D eigenvalue weighted by Gasteiger charge is 2.11. The van der Waals surface area contributed by atoms with Crippen LogP contribution in [0.3, 0.4) is 0 Å². The Balaban J connectivity index is 1.81. The average Bonchev–Trinajstić information content (AvgIpc) is 2.52. The van der Waals surface area contributed by atoms with Crippen molar-refractivity contribution in [1.82, 2.24) is 10.6 Å². The summed E-state index contributed by atoms with van der Waals surface area (Å²) in [6.07, 6.45) is 1.14. The lowest BCUT2D eigenvalue weighted by Gasteiger charge is -2.18. The van der Waals surface area contributed by atoms with Crippen LogP contribution in [0.25, 0.3) is 10.8 Å². The first-order valence-corrected chi connectivity index (χ1v) is 8.64. The highest BCUT2D eigenvalue weighted by molar-refractivity contribution is 5.83. The third kappa shape index (κ3) is 5.85. The first-order chi connectivity index (χ1) is 11.4. The first-order valence-electron chi connectivity index (χ1n) is 8.64. The van der Waals surface area contributed by atoms with Gasteiger partial charge in [-0.2, -0.15) is 0 Å². The van der Waals surface area contributed by atoms with Crippen LogP contribution in [0.4, 0.5) is 4.79 Å². The number of carbonyl (C=O) groups excluding carboxylic acids is 1. The number of amides is 2. The number of rotatable bonds is 7. The van der Waals surface area contributed by atoms with Gasteiger partial charge in [-0.05, 0) is 48.9 Å². The monoisotopic (exact) mass is 328 g/mol. The third-order valence-electron chi connectivity index (χ3n) is 4.09. The fourth-order valence-electron chi connectivity index (χ4n) is 2.98. The molecular weight excluding hydrogens is 300 g/mol. The number of aliphatic hydroxyl groups is 1. The van der Waals surface area contributed by atoms with Gasteiger partial charge in [-0.15, -0.1) is 0 Å². The van der Waals surface area contributed by atoms with Gasteiger partial charge in [-0.3, -0.25) is 0 Å². The summed E-state index contributed by atoms with van der Waals surface area (Å²) in [5.41, 5.74) is 1.21. The van der Waals surface area contributed by atoms with E-state index in [0.717, 1.165) is 6.42 Å². The smallest absolute Gasteiger partial charge is 0.315 e. The molecule has 2 rings (SSSR count). The molecule has 4 heteroatoms. The molecule has 130 valence electrons. The molecule has 2 aromatic rings. The summed E-state index contributed by atoms with van der Waals surface area (Å²) in [4.78, 5) is 12.0. The molecule has 0 saturated carbocycles. The van der Waals surface area contributed by atoms with Gasteiger partial charge in [0.05, 0.1) is 6.10 Å². The van der Waals surface area contributed by atoms with E-state index in [1.807, 2.05) is 26.0 Å². The van der Waals surface area contributed by atoms with E-state index in [0.29, 0.717) is 13.0 Å². The Morgan fingerprint density at radius 1 is 1.08 bits per heavy atom. The van der Waals surface area contributed by atoms with Gasteiger partial charge in [0.2, 0.25) is 0 Å². The molecule has 0 bridgehead atoms. The maximum absolute atomic E-state index is 12.0. The minimum Gasteiger partial charge on any atom is -0.393 e. The second-order valence-corrected chi connectivity index (χ2v) is 6.83. The van der Waals surface area contributed by atoms with Gasteiger partial charge in [0, 0.05) is 12.6 Å². The molecule has 0 heterocycles. The second-order valence-electron chi connectivity index (χ2n) is 6.83. The van der Waals surface area contributed by atoms with Gasteiger partial charge in [-0.1, -0.05) is 49.4 Å². The molecule has 0 fully saturated rings. The summed E-state index contributed by atoms with van der Waals surface area (Å²) in [7, 11) is 0. The Kier molecular flexibility index (Phi) is 6.62. The van der Waals surface area contributed by atoms with Crippen molar-refractivity contribution in [3.8, 4) is 0 Å². The van der Waals surface area contributed by atoms with E-state index >= 15 is 0 Å². The van der Waals surface area contributed by atoms with Gasteiger partial charge in [0.1, 0.15) is 0 Å².